The van der Waals surface area contributed by atoms with Crippen molar-refractivity contribution in [3.8, 4) is 0 Å². The lowest BCUT2D eigenvalue weighted by Gasteiger charge is -2.39. The van der Waals surface area contributed by atoms with Crippen LogP contribution in [0.5, 0.6) is 0 Å². The molecular weight excluding hydrogens is 370 g/mol. The van der Waals surface area contributed by atoms with E-state index < -0.39 is 16.9 Å². The second kappa shape index (κ2) is 12.8. The predicted octanol–water partition coefficient (Wildman–Crippen LogP) is 6.12. The molecule has 2 unspecified atom stereocenters. The van der Waals surface area contributed by atoms with Gasteiger partial charge in [0.15, 0.2) is 8.32 Å². The zero-order valence-electron chi connectivity index (χ0n) is 19.9. The number of nitrogens with zero attached hydrogens (tertiary/aromatic N) is 1. The molecule has 0 aromatic carbocycles. The Morgan fingerprint density at radius 2 is 1.41 bits per heavy atom. The minimum absolute atomic E-state index is 0.146. The number of hydrogen-bond acceptors (Lipinski definition) is 4. The van der Waals surface area contributed by atoms with Crippen molar-refractivity contribution >= 4 is 16.9 Å². The molecule has 0 bridgehead atoms. The Hall–Kier alpha value is 0.274. The number of hydrogen-bond donors (Lipinski definition) is 1. The monoisotopic (exact) mass is 419 g/mol. The number of rotatable bonds is 15. The Kier molecular flexibility index (Phi) is 12.9. The van der Waals surface area contributed by atoms with Crippen molar-refractivity contribution in [2.24, 2.45) is 0 Å². The van der Waals surface area contributed by atoms with Gasteiger partial charge in [0.2, 0.25) is 0 Å². The molecule has 27 heavy (non-hydrogen) atoms. The van der Waals surface area contributed by atoms with E-state index in [9.17, 15) is 5.11 Å². The molecular formula is C21H49NO3Si2. The van der Waals surface area contributed by atoms with E-state index >= 15 is 0 Å². The maximum Gasteiger partial charge on any atom is 0.325 e. The van der Waals surface area contributed by atoms with Crippen LogP contribution in [0.25, 0.3) is 0 Å². The van der Waals surface area contributed by atoms with Gasteiger partial charge in [0.25, 0.3) is 0 Å². The van der Waals surface area contributed by atoms with Gasteiger partial charge < -0.3 is 13.6 Å². The third-order valence-electron chi connectivity index (χ3n) is 4.33. The second-order valence-electron chi connectivity index (χ2n) is 10.0. The summed E-state index contributed by atoms with van der Waals surface area (Å²) in [6, 6.07) is 1.06. The van der Waals surface area contributed by atoms with E-state index in [1.165, 1.54) is 12.8 Å². The molecule has 0 spiro atoms. The summed E-state index contributed by atoms with van der Waals surface area (Å²) in [6.07, 6.45) is 7.44. The highest BCUT2D eigenvalue weighted by atomic mass is 28.4. The third kappa shape index (κ3) is 14.9. The van der Waals surface area contributed by atoms with Gasteiger partial charge in [-0.15, -0.1) is 0 Å². The van der Waals surface area contributed by atoms with Gasteiger partial charge in [-0.05, 0) is 78.7 Å². The molecule has 0 amide bonds. The molecule has 1 N–H and O–H groups in total. The Morgan fingerprint density at radius 3 is 1.85 bits per heavy atom. The van der Waals surface area contributed by atoms with E-state index in [0.717, 1.165) is 51.2 Å². The van der Waals surface area contributed by atoms with Gasteiger partial charge in [0.1, 0.15) is 6.23 Å². The molecule has 0 aliphatic heterocycles. The lowest BCUT2D eigenvalue weighted by Crippen LogP contribution is -2.50. The SMILES string of the molecule is CCCN(CCC)C(O)CCCCCC[Si](C)(OC(C)(C)C)O[Si](C)(C)C. The molecule has 0 fully saturated rings. The van der Waals surface area contributed by atoms with Crippen molar-refractivity contribution in [2.45, 2.75) is 124 Å². The van der Waals surface area contributed by atoms with Crippen molar-refractivity contribution in [1.29, 1.82) is 0 Å². The topological polar surface area (TPSA) is 41.9 Å². The van der Waals surface area contributed by atoms with Gasteiger partial charge in [0, 0.05) is 13.1 Å². The maximum absolute atomic E-state index is 10.4. The molecule has 0 aromatic rings. The first-order valence-electron chi connectivity index (χ1n) is 11.1. The normalized spacial score (nSPS) is 16.6. The molecule has 0 aliphatic rings. The second-order valence-corrected chi connectivity index (χ2v) is 18.0. The van der Waals surface area contributed by atoms with E-state index in [1.54, 1.807) is 0 Å². The molecule has 4 nitrogen and oxygen atoms in total. The van der Waals surface area contributed by atoms with E-state index in [-0.39, 0.29) is 11.8 Å². The summed E-state index contributed by atoms with van der Waals surface area (Å²) in [5.41, 5.74) is -0.146. The Bertz CT molecular complexity index is 359. The predicted molar refractivity (Wildman–Crippen MR) is 123 cm³/mol. The molecule has 0 rings (SSSR count). The van der Waals surface area contributed by atoms with Crippen molar-refractivity contribution in [1.82, 2.24) is 4.90 Å². The van der Waals surface area contributed by atoms with E-state index in [4.69, 9.17) is 8.54 Å². The highest BCUT2D eigenvalue weighted by Gasteiger charge is 2.39. The van der Waals surface area contributed by atoms with Gasteiger partial charge in [-0.1, -0.05) is 33.1 Å². The van der Waals surface area contributed by atoms with Gasteiger partial charge in [-0.3, -0.25) is 4.90 Å². The lowest BCUT2D eigenvalue weighted by atomic mass is 10.1. The summed E-state index contributed by atoms with van der Waals surface area (Å²) < 4.78 is 13.0. The molecule has 0 heterocycles. The van der Waals surface area contributed by atoms with Crippen LogP contribution in [-0.4, -0.2) is 51.8 Å². The van der Waals surface area contributed by atoms with Gasteiger partial charge in [0.05, 0.1) is 5.60 Å². The highest BCUT2D eigenvalue weighted by Crippen LogP contribution is 2.27. The summed E-state index contributed by atoms with van der Waals surface area (Å²) in [6.45, 7) is 21.7. The van der Waals surface area contributed by atoms with Crippen LogP contribution in [0.15, 0.2) is 0 Å². The van der Waals surface area contributed by atoms with Crippen LogP contribution in [0, 0.1) is 0 Å². The molecule has 164 valence electrons. The van der Waals surface area contributed by atoms with Crippen LogP contribution in [-0.2, 0) is 8.54 Å². The summed E-state index contributed by atoms with van der Waals surface area (Å²) in [7, 11) is -3.75. The van der Waals surface area contributed by atoms with E-state index in [2.05, 4.69) is 65.7 Å². The third-order valence-corrected chi connectivity index (χ3v) is 10.8. The number of unbranched alkanes of at least 4 members (excludes halogenated alkanes) is 3. The molecule has 6 heteroatoms. The van der Waals surface area contributed by atoms with Crippen LogP contribution in [0.1, 0.15) is 79.6 Å². The van der Waals surface area contributed by atoms with Crippen molar-refractivity contribution in [3.05, 3.63) is 0 Å². The largest absolute Gasteiger partial charge is 0.436 e. The van der Waals surface area contributed by atoms with Gasteiger partial charge >= 0.3 is 8.56 Å². The number of aliphatic hydroxyl groups is 1. The molecule has 0 aromatic heterocycles. The average molecular weight is 420 g/mol. The first-order valence-corrected chi connectivity index (χ1v) is 17.1. The van der Waals surface area contributed by atoms with Gasteiger partial charge in [-0.2, -0.15) is 0 Å². The Morgan fingerprint density at radius 1 is 0.889 bits per heavy atom. The van der Waals surface area contributed by atoms with Crippen molar-refractivity contribution < 1.29 is 13.6 Å². The average Bonchev–Trinajstić information content (AvgIpc) is 2.46. The smallest absolute Gasteiger partial charge is 0.325 e. The molecule has 0 saturated heterocycles. The Balaban J connectivity index is 4.30. The quantitative estimate of drug-likeness (QED) is 0.197. The Labute approximate surface area is 172 Å². The van der Waals surface area contributed by atoms with Crippen LogP contribution >= 0.6 is 0 Å². The molecule has 0 aliphatic carbocycles. The fourth-order valence-electron chi connectivity index (χ4n) is 3.71. The van der Waals surface area contributed by atoms with Crippen LogP contribution in [0.3, 0.4) is 0 Å². The first kappa shape index (κ1) is 27.3. The van der Waals surface area contributed by atoms with Crippen molar-refractivity contribution in [3.63, 3.8) is 0 Å². The minimum atomic E-state index is -2.14. The van der Waals surface area contributed by atoms with E-state index in [1.807, 2.05) is 0 Å². The summed E-state index contributed by atoms with van der Waals surface area (Å²) in [5.74, 6) is 0. The summed E-state index contributed by atoms with van der Waals surface area (Å²) in [5, 5.41) is 10.4. The summed E-state index contributed by atoms with van der Waals surface area (Å²) in [4.78, 5) is 2.23. The zero-order chi connectivity index (χ0) is 21.1. The van der Waals surface area contributed by atoms with Gasteiger partial charge in [-0.25, -0.2) is 0 Å². The summed E-state index contributed by atoms with van der Waals surface area (Å²) >= 11 is 0. The minimum Gasteiger partial charge on any atom is -0.436 e. The molecule has 2 atom stereocenters. The number of aliphatic hydroxyl groups excluding tert-OH is 1. The van der Waals surface area contributed by atoms with Crippen molar-refractivity contribution in [2.75, 3.05) is 13.1 Å². The highest BCUT2D eigenvalue weighted by molar-refractivity contribution is 6.81. The lowest BCUT2D eigenvalue weighted by molar-refractivity contribution is -0.00410. The first-order chi connectivity index (χ1) is 12.3. The standard InChI is InChI=1S/C21H49NO3Si2/c1-10-17-22(18-11-2)20(23)16-14-12-13-15-19-27(9,24-21(3,4)5)25-26(6,7)8/h20,23H,10-19H2,1-9H3. The fourth-order valence-corrected chi connectivity index (χ4v) is 11.8. The zero-order valence-corrected chi connectivity index (χ0v) is 21.9. The van der Waals surface area contributed by atoms with Crippen LogP contribution in [0.4, 0.5) is 0 Å². The van der Waals surface area contributed by atoms with E-state index in [0.29, 0.717) is 0 Å². The molecule has 0 radical (unpaired) electrons. The fraction of sp³-hybridized carbons (Fsp3) is 1.00. The maximum atomic E-state index is 10.4. The van der Waals surface area contributed by atoms with Crippen LogP contribution in [0.2, 0.25) is 32.2 Å². The van der Waals surface area contributed by atoms with Crippen LogP contribution < -0.4 is 0 Å². The molecule has 0 saturated carbocycles.